The van der Waals surface area contributed by atoms with Crippen molar-refractivity contribution in [3.8, 4) is 0 Å². The maximum atomic E-state index is 10.7. The second kappa shape index (κ2) is 8.25. The molecule has 1 rings (SSSR count). The number of unbranched alkanes of at least 4 members (excludes halogenated alkanes) is 2. The number of thioether (sulfide) groups is 1. The van der Waals surface area contributed by atoms with Crippen molar-refractivity contribution in [3.63, 3.8) is 0 Å². The Balaban J connectivity index is 2.15. The minimum atomic E-state index is -0.521. The van der Waals surface area contributed by atoms with Crippen molar-refractivity contribution in [2.45, 2.75) is 52.4 Å². The molecule has 1 amide bonds. The smallest absolute Gasteiger partial charge is 0.269 e. The third-order valence-corrected chi connectivity index (χ3v) is 4.36. The first-order valence-corrected chi connectivity index (χ1v) is 7.48. The van der Waals surface area contributed by atoms with Gasteiger partial charge in [-0.3, -0.25) is 4.79 Å². The normalized spacial score (nSPS) is 15.6. The Kier molecular flexibility index (Phi) is 6.94. The summed E-state index contributed by atoms with van der Waals surface area (Å²) in [4.78, 5) is 22.0. The van der Waals surface area contributed by atoms with Crippen molar-refractivity contribution in [3.05, 3.63) is 27.0 Å². The lowest BCUT2D eigenvalue weighted by atomic mass is 10.0. The fourth-order valence-corrected chi connectivity index (χ4v) is 3.08. The second-order valence-corrected chi connectivity index (χ2v) is 5.92. The number of nitrogens with zero attached hydrogens (tertiary/aromatic N) is 1. The van der Waals surface area contributed by atoms with Gasteiger partial charge < -0.3 is 0 Å². The number of rotatable bonds is 7. The number of allylic oxidation sites excluding steroid dienone is 3. The average Bonchev–Trinajstić information content (AvgIpc) is 2.37. The highest BCUT2D eigenvalue weighted by Crippen LogP contribution is 2.31. The minimum Gasteiger partial charge on any atom is -0.269 e. The van der Waals surface area contributed by atoms with Crippen molar-refractivity contribution in [1.29, 1.82) is 0 Å². The quantitative estimate of drug-likeness (QED) is 0.500. The Morgan fingerprint density at radius 2 is 2.06 bits per heavy atom. The van der Waals surface area contributed by atoms with E-state index in [4.69, 9.17) is 0 Å². The van der Waals surface area contributed by atoms with Crippen LogP contribution in [-0.2, 0) is 4.79 Å². The van der Waals surface area contributed by atoms with Gasteiger partial charge in [-0.25, -0.2) is 0 Å². The Hall–Kier alpha value is -0.900. The highest BCUT2D eigenvalue weighted by Gasteiger charge is 2.08. The van der Waals surface area contributed by atoms with Crippen molar-refractivity contribution in [2.75, 3.05) is 5.75 Å². The Labute approximate surface area is 113 Å². The van der Waals surface area contributed by atoms with Gasteiger partial charge in [-0.1, -0.05) is 17.6 Å². The monoisotopic (exact) mass is 267 g/mol. The standard InChI is InChI=1S/C14H21NO2S/c1-11-7-8-12(2)13(10-11)18-9-5-3-4-6-14(16)15-17/h10H,3-9H2,1-2H3. The summed E-state index contributed by atoms with van der Waals surface area (Å²) in [5.74, 6) is 0.561. The number of carbonyl (C=O) groups excluding carboxylic acids is 1. The van der Waals surface area contributed by atoms with Crippen molar-refractivity contribution >= 4 is 17.7 Å². The summed E-state index contributed by atoms with van der Waals surface area (Å²) in [5.41, 5.74) is 2.96. The minimum absolute atomic E-state index is 0.300. The molecule has 0 atom stereocenters. The lowest BCUT2D eigenvalue weighted by molar-refractivity contribution is -0.118. The molecule has 0 fully saturated rings. The molecule has 1 aliphatic carbocycles. The summed E-state index contributed by atoms with van der Waals surface area (Å²) in [6.07, 6.45) is 7.82. The maximum Gasteiger partial charge on any atom is 0.286 e. The summed E-state index contributed by atoms with van der Waals surface area (Å²) in [6.45, 7) is 4.39. The highest BCUT2D eigenvalue weighted by atomic mass is 32.2. The van der Waals surface area contributed by atoms with Gasteiger partial charge in [-0.2, -0.15) is 0 Å². The number of nitroso groups, excluding NO2 is 1. The molecule has 18 heavy (non-hydrogen) atoms. The molecule has 3 nitrogen and oxygen atoms in total. The molecule has 0 aromatic rings. The zero-order chi connectivity index (χ0) is 13.4. The summed E-state index contributed by atoms with van der Waals surface area (Å²) in [7, 11) is 0. The van der Waals surface area contributed by atoms with Crippen molar-refractivity contribution < 1.29 is 4.79 Å². The van der Waals surface area contributed by atoms with Crippen molar-refractivity contribution in [2.24, 2.45) is 5.18 Å². The summed E-state index contributed by atoms with van der Waals surface area (Å²) in [6, 6.07) is 0. The molecular formula is C14H21NO2S. The van der Waals surface area contributed by atoms with Crippen LogP contribution in [0.4, 0.5) is 0 Å². The van der Waals surface area contributed by atoms with E-state index in [0.29, 0.717) is 6.42 Å². The van der Waals surface area contributed by atoms with E-state index in [-0.39, 0.29) is 0 Å². The summed E-state index contributed by atoms with van der Waals surface area (Å²) >= 11 is 1.91. The zero-order valence-electron chi connectivity index (χ0n) is 11.2. The van der Waals surface area contributed by atoms with Crippen LogP contribution in [0.3, 0.4) is 0 Å². The van der Waals surface area contributed by atoms with Gasteiger partial charge in [-0.15, -0.1) is 16.7 Å². The van der Waals surface area contributed by atoms with E-state index in [1.165, 1.54) is 28.9 Å². The van der Waals surface area contributed by atoms with Gasteiger partial charge in [0, 0.05) is 16.5 Å². The molecule has 100 valence electrons. The van der Waals surface area contributed by atoms with Crippen LogP contribution in [0.15, 0.2) is 27.3 Å². The topological polar surface area (TPSA) is 46.5 Å². The van der Waals surface area contributed by atoms with Crippen LogP contribution in [0.5, 0.6) is 0 Å². The second-order valence-electron chi connectivity index (χ2n) is 4.78. The van der Waals surface area contributed by atoms with Gasteiger partial charge in [0.05, 0.1) is 0 Å². The molecule has 0 aliphatic heterocycles. The Morgan fingerprint density at radius 3 is 2.78 bits per heavy atom. The van der Waals surface area contributed by atoms with E-state index >= 15 is 0 Å². The van der Waals surface area contributed by atoms with Gasteiger partial charge in [0.2, 0.25) is 0 Å². The number of carbonyl (C=O) groups is 1. The summed E-state index contributed by atoms with van der Waals surface area (Å²) < 4.78 is 0. The van der Waals surface area contributed by atoms with Gasteiger partial charge in [-0.05, 0) is 51.4 Å². The Morgan fingerprint density at radius 1 is 1.28 bits per heavy atom. The van der Waals surface area contributed by atoms with Crippen LogP contribution >= 0.6 is 11.8 Å². The summed E-state index contributed by atoms with van der Waals surface area (Å²) in [5, 5.41) is 2.39. The van der Waals surface area contributed by atoms with E-state index in [2.05, 4.69) is 25.1 Å². The average molecular weight is 267 g/mol. The fourth-order valence-electron chi connectivity index (χ4n) is 1.87. The lowest BCUT2D eigenvalue weighted by Crippen LogP contribution is -1.94. The first-order valence-electron chi connectivity index (χ1n) is 6.49. The molecular weight excluding hydrogens is 246 g/mol. The number of hydrogen-bond acceptors (Lipinski definition) is 3. The maximum absolute atomic E-state index is 10.7. The van der Waals surface area contributed by atoms with E-state index < -0.39 is 5.91 Å². The molecule has 0 N–H and O–H groups in total. The predicted molar refractivity (Wildman–Crippen MR) is 77.4 cm³/mol. The van der Waals surface area contributed by atoms with Crippen LogP contribution in [-0.4, -0.2) is 11.7 Å². The third kappa shape index (κ3) is 5.63. The molecule has 0 spiro atoms. The molecule has 0 aromatic heterocycles. The molecule has 0 heterocycles. The molecule has 0 saturated carbocycles. The van der Waals surface area contributed by atoms with E-state index in [0.717, 1.165) is 25.0 Å². The van der Waals surface area contributed by atoms with Crippen LogP contribution in [0.25, 0.3) is 0 Å². The molecule has 0 aromatic carbocycles. The van der Waals surface area contributed by atoms with Crippen molar-refractivity contribution in [1.82, 2.24) is 0 Å². The molecule has 0 unspecified atom stereocenters. The van der Waals surface area contributed by atoms with Crippen LogP contribution in [0, 0.1) is 4.91 Å². The number of amides is 1. The van der Waals surface area contributed by atoms with Gasteiger partial charge in [0.1, 0.15) is 0 Å². The van der Waals surface area contributed by atoms with Gasteiger partial charge in [0.15, 0.2) is 0 Å². The fraction of sp³-hybridized carbons (Fsp3) is 0.643. The van der Waals surface area contributed by atoms with Crippen LogP contribution < -0.4 is 0 Å². The van der Waals surface area contributed by atoms with E-state index in [1.807, 2.05) is 11.8 Å². The third-order valence-electron chi connectivity index (χ3n) is 3.09. The van der Waals surface area contributed by atoms with Gasteiger partial charge >= 0.3 is 0 Å². The molecule has 0 radical (unpaired) electrons. The molecule has 1 aliphatic rings. The highest BCUT2D eigenvalue weighted by molar-refractivity contribution is 8.03. The SMILES string of the molecule is CC1=CC(SCCCCCC(=O)N=O)=C(C)CC1. The number of hydrogen-bond donors (Lipinski definition) is 0. The molecule has 0 saturated heterocycles. The lowest BCUT2D eigenvalue weighted by Gasteiger charge is -2.15. The van der Waals surface area contributed by atoms with Gasteiger partial charge in [0.25, 0.3) is 5.91 Å². The molecule has 4 heteroatoms. The van der Waals surface area contributed by atoms with Crippen LogP contribution in [0.1, 0.15) is 52.4 Å². The van der Waals surface area contributed by atoms with Crippen LogP contribution in [0.2, 0.25) is 0 Å². The predicted octanol–water partition coefficient (Wildman–Crippen LogP) is 4.59. The van der Waals surface area contributed by atoms with E-state index in [9.17, 15) is 9.70 Å². The zero-order valence-corrected chi connectivity index (χ0v) is 12.0. The first kappa shape index (κ1) is 15.2. The first-order chi connectivity index (χ1) is 8.63. The molecule has 0 bridgehead atoms. The van der Waals surface area contributed by atoms with E-state index in [1.54, 1.807) is 0 Å². The largest absolute Gasteiger partial charge is 0.286 e. The Bertz CT molecular complexity index is 372.